The Balaban J connectivity index is 1.75. The number of para-hydroxylation sites is 1. The number of rotatable bonds is 4. The third-order valence-electron chi connectivity index (χ3n) is 4.13. The first-order chi connectivity index (χ1) is 8.66. The summed E-state index contributed by atoms with van der Waals surface area (Å²) in [7, 11) is 0. The first-order valence-electron chi connectivity index (χ1n) is 6.83. The highest BCUT2D eigenvalue weighted by atomic mass is 16.1. The summed E-state index contributed by atoms with van der Waals surface area (Å²) in [6.45, 7) is 1.94. The molecule has 0 bridgehead atoms. The van der Waals surface area contributed by atoms with E-state index in [0.29, 0.717) is 29.1 Å². The number of carbonyl (C=O) groups is 1. The van der Waals surface area contributed by atoms with Crippen LogP contribution in [0.25, 0.3) is 0 Å². The van der Waals surface area contributed by atoms with Gasteiger partial charge >= 0.3 is 0 Å². The SMILES string of the molecule is Cc1cccc(C(=O)NC(C2CC2)C2CC2)c1N. The third-order valence-corrected chi connectivity index (χ3v) is 4.13. The zero-order valence-corrected chi connectivity index (χ0v) is 10.8. The average Bonchev–Trinajstić information content (AvgIpc) is 3.22. The van der Waals surface area contributed by atoms with Gasteiger partial charge in [-0.25, -0.2) is 0 Å². The molecule has 3 rings (SSSR count). The molecule has 0 spiro atoms. The standard InChI is InChI=1S/C15H20N2O/c1-9-3-2-4-12(13(9)16)15(18)17-14(10-5-6-10)11-7-8-11/h2-4,10-11,14H,5-8,16H2,1H3,(H,17,18). The van der Waals surface area contributed by atoms with Crippen molar-refractivity contribution in [1.29, 1.82) is 0 Å². The zero-order valence-electron chi connectivity index (χ0n) is 10.8. The van der Waals surface area contributed by atoms with E-state index in [1.165, 1.54) is 25.7 Å². The molecule has 3 nitrogen and oxygen atoms in total. The van der Waals surface area contributed by atoms with Gasteiger partial charge in [0, 0.05) is 11.7 Å². The number of benzene rings is 1. The summed E-state index contributed by atoms with van der Waals surface area (Å²) in [6, 6.07) is 6.03. The van der Waals surface area contributed by atoms with Crippen LogP contribution in [0, 0.1) is 18.8 Å². The molecule has 2 aliphatic carbocycles. The predicted octanol–water partition coefficient (Wildman–Crippen LogP) is 2.50. The lowest BCUT2D eigenvalue weighted by molar-refractivity contribution is 0.0927. The van der Waals surface area contributed by atoms with Crippen LogP contribution in [-0.4, -0.2) is 11.9 Å². The van der Waals surface area contributed by atoms with Crippen LogP contribution in [0.1, 0.15) is 41.6 Å². The molecule has 0 heterocycles. The van der Waals surface area contributed by atoms with Crippen molar-refractivity contribution in [3.63, 3.8) is 0 Å². The molecule has 1 aromatic carbocycles. The second-order valence-corrected chi connectivity index (χ2v) is 5.71. The molecule has 2 saturated carbocycles. The summed E-state index contributed by atoms with van der Waals surface area (Å²) in [5.41, 5.74) is 8.19. The highest BCUT2D eigenvalue weighted by Gasteiger charge is 2.42. The molecular weight excluding hydrogens is 224 g/mol. The lowest BCUT2D eigenvalue weighted by Gasteiger charge is -2.18. The number of nitrogens with one attached hydrogen (secondary N) is 1. The van der Waals surface area contributed by atoms with E-state index in [-0.39, 0.29) is 5.91 Å². The van der Waals surface area contributed by atoms with Crippen molar-refractivity contribution in [2.75, 3.05) is 5.73 Å². The van der Waals surface area contributed by atoms with Crippen LogP contribution in [0.4, 0.5) is 5.69 Å². The Labute approximate surface area is 108 Å². The van der Waals surface area contributed by atoms with Crippen molar-refractivity contribution < 1.29 is 4.79 Å². The number of amides is 1. The average molecular weight is 244 g/mol. The maximum absolute atomic E-state index is 12.3. The van der Waals surface area contributed by atoms with Gasteiger partial charge < -0.3 is 11.1 Å². The van der Waals surface area contributed by atoms with Gasteiger partial charge in [-0.15, -0.1) is 0 Å². The second-order valence-electron chi connectivity index (χ2n) is 5.71. The van der Waals surface area contributed by atoms with Gasteiger partial charge in [0.15, 0.2) is 0 Å². The molecule has 96 valence electrons. The van der Waals surface area contributed by atoms with Gasteiger partial charge in [0.25, 0.3) is 5.91 Å². The van der Waals surface area contributed by atoms with E-state index in [4.69, 9.17) is 5.73 Å². The Morgan fingerprint density at radius 3 is 2.44 bits per heavy atom. The van der Waals surface area contributed by atoms with Crippen molar-refractivity contribution in [3.05, 3.63) is 29.3 Å². The van der Waals surface area contributed by atoms with Crippen molar-refractivity contribution in [2.45, 2.75) is 38.6 Å². The summed E-state index contributed by atoms with van der Waals surface area (Å²) in [5.74, 6) is 1.43. The van der Waals surface area contributed by atoms with Crippen LogP contribution in [0.15, 0.2) is 18.2 Å². The van der Waals surface area contributed by atoms with Crippen LogP contribution in [0.5, 0.6) is 0 Å². The molecular formula is C15H20N2O. The first kappa shape index (κ1) is 11.6. The molecule has 0 aromatic heterocycles. The number of nitrogens with two attached hydrogens (primary N) is 1. The molecule has 0 aliphatic heterocycles. The number of aryl methyl sites for hydroxylation is 1. The Hall–Kier alpha value is -1.51. The topological polar surface area (TPSA) is 55.1 Å². The van der Waals surface area contributed by atoms with Crippen molar-refractivity contribution in [1.82, 2.24) is 5.32 Å². The molecule has 3 heteroatoms. The number of anilines is 1. The number of nitrogen functional groups attached to an aromatic ring is 1. The Morgan fingerprint density at radius 1 is 1.28 bits per heavy atom. The molecule has 18 heavy (non-hydrogen) atoms. The van der Waals surface area contributed by atoms with E-state index < -0.39 is 0 Å². The summed E-state index contributed by atoms with van der Waals surface area (Å²) in [5, 5.41) is 3.21. The van der Waals surface area contributed by atoms with Crippen LogP contribution < -0.4 is 11.1 Å². The minimum Gasteiger partial charge on any atom is -0.398 e. The van der Waals surface area contributed by atoms with Crippen molar-refractivity contribution >= 4 is 11.6 Å². The molecule has 0 saturated heterocycles. The molecule has 0 atom stereocenters. The lowest BCUT2D eigenvalue weighted by Crippen LogP contribution is -2.38. The highest BCUT2D eigenvalue weighted by molar-refractivity contribution is 5.99. The van der Waals surface area contributed by atoms with Crippen LogP contribution in [0.2, 0.25) is 0 Å². The summed E-state index contributed by atoms with van der Waals surface area (Å²) in [6.07, 6.45) is 5.07. The highest BCUT2D eigenvalue weighted by Crippen LogP contribution is 2.44. The van der Waals surface area contributed by atoms with E-state index in [0.717, 1.165) is 5.56 Å². The summed E-state index contributed by atoms with van der Waals surface area (Å²) >= 11 is 0. The van der Waals surface area contributed by atoms with E-state index in [1.807, 2.05) is 25.1 Å². The van der Waals surface area contributed by atoms with Crippen molar-refractivity contribution in [3.8, 4) is 0 Å². The number of hydrogen-bond donors (Lipinski definition) is 2. The Kier molecular flexibility index (Phi) is 2.77. The van der Waals surface area contributed by atoms with Gasteiger partial charge in [0.05, 0.1) is 5.56 Å². The fourth-order valence-corrected chi connectivity index (χ4v) is 2.64. The van der Waals surface area contributed by atoms with Gasteiger partial charge in [-0.3, -0.25) is 4.79 Å². The van der Waals surface area contributed by atoms with Gasteiger partial charge in [0.2, 0.25) is 0 Å². The largest absolute Gasteiger partial charge is 0.398 e. The number of carbonyl (C=O) groups excluding carboxylic acids is 1. The number of hydrogen-bond acceptors (Lipinski definition) is 2. The maximum atomic E-state index is 12.3. The maximum Gasteiger partial charge on any atom is 0.253 e. The molecule has 2 fully saturated rings. The molecule has 3 N–H and O–H groups in total. The minimum absolute atomic E-state index is 0.000000000000000222. The Morgan fingerprint density at radius 2 is 1.89 bits per heavy atom. The molecule has 0 unspecified atom stereocenters. The molecule has 0 radical (unpaired) electrons. The molecule has 1 amide bonds. The molecule has 2 aliphatic rings. The summed E-state index contributed by atoms with van der Waals surface area (Å²) < 4.78 is 0. The fourth-order valence-electron chi connectivity index (χ4n) is 2.64. The monoisotopic (exact) mass is 244 g/mol. The zero-order chi connectivity index (χ0) is 12.7. The Bertz CT molecular complexity index is 463. The normalized spacial score (nSPS) is 19.0. The minimum atomic E-state index is -0.000000000000000222. The summed E-state index contributed by atoms with van der Waals surface area (Å²) in [4.78, 5) is 12.3. The fraction of sp³-hybridized carbons (Fsp3) is 0.533. The van der Waals surface area contributed by atoms with Gasteiger partial charge in [0.1, 0.15) is 0 Å². The molecule has 1 aromatic rings. The van der Waals surface area contributed by atoms with Crippen LogP contribution >= 0.6 is 0 Å². The lowest BCUT2D eigenvalue weighted by atomic mass is 10.0. The van der Waals surface area contributed by atoms with Crippen LogP contribution in [0.3, 0.4) is 0 Å². The van der Waals surface area contributed by atoms with Crippen LogP contribution in [-0.2, 0) is 0 Å². The quantitative estimate of drug-likeness (QED) is 0.799. The van der Waals surface area contributed by atoms with E-state index >= 15 is 0 Å². The van der Waals surface area contributed by atoms with Gasteiger partial charge in [-0.05, 0) is 56.1 Å². The van der Waals surface area contributed by atoms with E-state index in [1.54, 1.807) is 0 Å². The first-order valence-corrected chi connectivity index (χ1v) is 6.83. The van der Waals surface area contributed by atoms with Gasteiger partial charge in [-0.2, -0.15) is 0 Å². The van der Waals surface area contributed by atoms with Crippen molar-refractivity contribution in [2.24, 2.45) is 11.8 Å². The smallest absolute Gasteiger partial charge is 0.253 e. The predicted molar refractivity (Wildman–Crippen MR) is 72.3 cm³/mol. The second kappa shape index (κ2) is 4.30. The van der Waals surface area contributed by atoms with Gasteiger partial charge in [-0.1, -0.05) is 12.1 Å². The third kappa shape index (κ3) is 2.22. The van der Waals surface area contributed by atoms with E-state index in [2.05, 4.69) is 5.32 Å². The van der Waals surface area contributed by atoms with E-state index in [9.17, 15) is 4.79 Å².